The number of nitriles is 2. The van der Waals surface area contributed by atoms with Gasteiger partial charge in [-0.25, -0.2) is 0 Å². The normalized spacial score (nSPS) is 14.2. The third-order valence-electron chi connectivity index (χ3n) is 1.58. The third-order valence-corrected chi connectivity index (χ3v) is 2.58. The zero-order valence-corrected chi connectivity index (χ0v) is 8.28. The summed E-state index contributed by atoms with van der Waals surface area (Å²) in [5.41, 5.74) is 0. The first kappa shape index (κ1) is 12.2. The van der Waals surface area contributed by atoms with Crippen LogP contribution in [0.4, 0.5) is 7.77 Å². The largest absolute Gasteiger partial charge is 0.198 e. The predicted molar refractivity (Wildman–Crippen MR) is 49.2 cm³/mol. The lowest BCUT2D eigenvalue weighted by molar-refractivity contribution is 0.600. The van der Waals surface area contributed by atoms with Gasteiger partial charge in [0.2, 0.25) is 0 Å². The van der Waals surface area contributed by atoms with Gasteiger partial charge in [-0.15, -0.1) is 0 Å². The van der Waals surface area contributed by atoms with Crippen molar-refractivity contribution >= 4 is 10.8 Å². The molecule has 0 heterocycles. The van der Waals surface area contributed by atoms with Crippen molar-refractivity contribution in [1.29, 1.82) is 10.5 Å². The molecule has 74 valence electrons. The fourth-order valence-corrected chi connectivity index (χ4v) is 1.58. The minimum Gasteiger partial charge on any atom is -0.198 e. The molecule has 0 aliphatic carbocycles. The molecule has 0 aromatic carbocycles. The van der Waals surface area contributed by atoms with Crippen LogP contribution in [0.1, 0.15) is 19.3 Å². The van der Waals surface area contributed by atoms with Gasteiger partial charge in [-0.2, -0.15) is 18.3 Å². The van der Waals surface area contributed by atoms with Crippen LogP contribution in [0.5, 0.6) is 0 Å². The average molecular weight is 206 g/mol. The Morgan fingerprint density at radius 2 is 2.00 bits per heavy atom. The van der Waals surface area contributed by atoms with Gasteiger partial charge in [-0.3, -0.25) is 0 Å². The first-order valence-electron chi connectivity index (χ1n) is 3.91. The van der Waals surface area contributed by atoms with Gasteiger partial charge in [-0.1, -0.05) is 0 Å². The molecule has 0 N–H and O–H groups in total. The molecule has 5 heteroatoms. The van der Waals surface area contributed by atoms with E-state index in [1.165, 1.54) is 0 Å². The van der Waals surface area contributed by atoms with Crippen LogP contribution in [0.2, 0.25) is 0 Å². The molecule has 0 aromatic heterocycles. The molecule has 0 aliphatic rings. The molecule has 0 saturated heterocycles. The summed E-state index contributed by atoms with van der Waals surface area (Å²) in [6.45, 7) is 0. The lowest BCUT2D eigenvalue weighted by atomic mass is 10.0. The Hall–Kier alpha value is -0.810. The van der Waals surface area contributed by atoms with Gasteiger partial charge >= 0.3 is 0 Å². The molecular weight excluding hydrogens is 194 g/mol. The van der Waals surface area contributed by atoms with Crippen LogP contribution >= 0.6 is 10.8 Å². The monoisotopic (exact) mass is 206 g/mol. The van der Waals surface area contributed by atoms with Crippen LogP contribution in [0, 0.1) is 28.6 Å². The number of hydrogen-bond donors (Lipinski definition) is 0. The van der Waals surface area contributed by atoms with E-state index in [0.717, 1.165) is 6.26 Å². The maximum absolute atomic E-state index is 12.4. The first-order chi connectivity index (χ1) is 5.99. The molecule has 13 heavy (non-hydrogen) atoms. The Morgan fingerprint density at radius 3 is 2.38 bits per heavy atom. The van der Waals surface area contributed by atoms with Gasteiger partial charge in [0.05, 0.1) is 35.3 Å². The highest BCUT2D eigenvalue weighted by Gasteiger charge is 2.15. The quantitative estimate of drug-likeness (QED) is 0.694. The molecule has 0 fully saturated rings. The van der Waals surface area contributed by atoms with Crippen LogP contribution in [0.25, 0.3) is 0 Å². The van der Waals surface area contributed by atoms with Crippen molar-refractivity contribution in [2.75, 3.05) is 12.0 Å². The van der Waals surface area contributed by atoms with E-state index in [-0.39, 0.29) is 18.1 Å². The molecule has 0 spiro atoms. The van der Waals surface area contributed by atoms with Gasteiger partial charge < -0.3 is 0 Å². The molecule has 0 aliphatic heterocycles. The van der Waals surface area contributed by atoms with E-state index >= 15 is 0 Å². The maximum atomic E-state index is 12.4. The summed E-state index contributed by atoms with van der Waals surface area (Å²) >= 11 is 0. The minimum atomic E-state index is -3.44. The second-order valence-corrected chi connectivity index (χ2v) is 5.06. The zero-order chi connectivity index (χ0) is 10.3. The fraction of sp³-hybridized carbons (Fsp3) is 0.750. The first-order valence-corrected chi connectivity index (χ1v) is 5.92. The summed E-state index contributed by atoms with van der Waals surface area (Å²) in [4.78, 5) is 0. The molecule has 0 aromatic rings. The summed E-state index contributed by atoms with van der Waals surface area (Å²) in [5.74, 6) is -0.511. The van der Waals surface area contributed by atoms with Gasteiger partial charge in [0.15, 0.2) is 0 Å². The van der Waals surface area contributed by atoms with E-state index in [1.807, 2.05) is 12.1 Å². The van der Waals surface area contributed by atoms with Crippen molar-refractivity contribution in [2.45, 2.75) is 19.3 Å². The summed E-state index contributed by atoms with van der Waals surface area (Å²) in [7, 11) is -3.44. The average Bonchev–Trinajstić information content (AvgIpc) is 2.01. The highest BCUT2D eigenvalue weighted by molar-refractivity contribution is 8.24. The molecule has 1 unspecified atom stereocenters. The van der Waals surface area contributed by atoms with Gasteiger partial charge in [0.1, 0.15) is 0 Å². The molecule has 0 bridgehead atoms. The topological polar surface area (TPSA) is 47.6 Å². The van der Waals surface area contributed by atoms with Crippen molar-refractivity contribution in [2.24, 2.45) is 5.92 Å². The van der Waals surface area contributed by atoms with Crippen molar-refractivity contribution in [3.05, 3.63) is 0 Å². The zero-order valence-electron chi connectivity index (χ0n) is 7.46. The molecule has 1 atom stereocenters. The van der Waals surface area contributed by atoms with Crippen molar-refractivity contribution < 1.29 is 7.77 Å². The van der Waals surface area contributed by atoms with Crippen LogP contribution in [0.15, 0.2) is 0 Å². The van der Waals surface area contributed by atoms with Crippen molar-refractivity contribution in [3.63, 3.8) is 0 Å². The van der Waals surface area contributed by atoms with Crippen LogP contribution in [0.3, 0.4) is 0 Å². The van der Waals surface area contributed by atoms with Gasteiger partial charge in [0.25, 0.3) is 0 Å². The molecule has 0 radical (unpaired) electrons. The highest BCUT2D eigenvalue weighted by Crippen LogP contribution is 2.48. The molecule has 0 saturated carbocycles. The molecule has 2 nitrogen and oxygen atoms in total. The Morgan fingerprint density at radius 1 is 1.38 bits per heavy atom. The lowest BCUT2D eigenvalue weighted by Crippen LogP contribution is -1.99. The van der Waals surface area contributed by atoms with Crippen LogP contribution in [-0.4, -0.2) is 12.0 Å². The van der Waals surface area contributed by atoms with Crippen molar-refractivity contribution in [3.8, 4) is 12.1 Å². The van der Waals surface area contributed by atoms with Gasteiger partial charge in [-0.05, 0) is 12.8 Å². The SMILES string of the molecule is CS(F)(F)CCCC(C#N)CC#N. The second-order valence-electron chi connectivity index (χ2n) is 2.91. The Bertz CT molecular complexity index is 224. The summed E-state index contributed by atoms with van der Waals surface area (Å²) < 4.78 is 24.8. The predicted octanol–water partition coefficient (Wildman–Crippen LogP) is 3.02. The number of halogens is 2. The summed E-state index contributed by atoms with van der Waals surface area (Å²) in [5, 5.41) is 16.8. The van der Waals surface area contributed by atoms with Crippen molar-refractivity contribution in [1.82, 2.24) is 0 Å². The van der Waals surface area contributed by atoms with E-state index in [0.29, 0.717) is 12.8 Å². The number of hydrogen-bond acceptors (Lipinski definition) is 2. The second kappa shape index (κ2) is 5.77. The van der Waals surface area contributed by atoms with E-state index in [4.69, 9.17) is 10.5 Å². The lowest BCUT2D eigenvalue weighted by Gasteiger charge is -2.14. The summed E-state index contributed by atoms with van der Waals surface area (Å²) in [6, 6.07) is 3.79. The standard InChI is InChI=1S/C8H12F2N2S/c1-13(9,10)6-2-3-8(7-12)4-5-11/h8H,2-4,6H2,1H3. The third kappa shape index (κ3) is 7.55. The number of rotatable bonds is 5. The maximum Gasteiger partial charge on any atom is 0.0666 e. The van der Waals surface area contributed by atoms with E-state index in [2.05, 4.69) is 0 Å². The van der Waals surface area contributed by atoms with E-state index in [9.17, 15) is 7.77 Å². The van der Waals surface area contributed by atoms with Crippen LogP contribution in [-0.2, 0) is 0 Å². The molecule has 0 rings (SSSR count). The Kier molecular flexibility index (Phi) is 5.41. The van der Waals surface area contributed by atoms with Gasteiger partial charge in [0, 0.05) is 12.0 Å². The molecule has 0 amide bonds. The fourth-order valence-electron chi connectivity index (χ4n) is 0.906. The number of nitrogens with zero attached hydrogens (tertiary/aromatic N) is 2. The highest BCUT2D eigenvalue weighted by atomic mass is 32.3. The molecular formula is C8H12F2N2S. The van der Waals surface area contributed by atoms with E-state index in [1.54, 1.807) is 0 Å². The Labute approximate surface area is 79.1 Å². The smallest absolute Gasteiger partial charge is 0.0666 e. The summed E-state index contributed by atoms with van der Waals surface area (Å²) in [6.07, 6.45) is 1.82. The van der Waals surface area contributed by atoms with Crippen LogP contribution < -0.4 is 0 Å². The minimum absolute atomic E-state index is 0.128. The van der Waals surface area contributed by atoms with E-state index < -0.39 is 10.8 Å². The Balaban J connectivity index is 3.64.